The molecule has 256 valence electrons. The molecule has 4 amide bonds. The van der Waals surface area contributed by atoms with Crippen LogP contribution in [0.4, 0.5) is 22.8 Å². The van der Waals surface area contributed by atoms with E-state index in [1.165, 1.54) is 29.2 Å². The van der Waals surface area contributed by atoms with E-state index in [0.717, 1.165) is 4.90 Å². The molecule has 0 spiro atoms. The first kappa shape index (κ1) is 34.0. The Bertz CT molecular complexity index is 1480. The number of alkyl carbamates (subject to hydrolysis) is 1. The highest BCUT2D eigenvalue weighted by Gasteiger charge is 2.61. The fraction of sp³-hybridized carbons (Fsp3) is 0.594. The highest BCUT2D eigenvalue weighted by atomic mass is 19.3. The molecule has 1 aliphatic carbocycles. The molecule has 47 heavy (non-hydrogen) atoms. The lowest BCUT2D eigenvalue weighted by molar-refractivity contribution is -0.145. The number of hydrogen-bond acceptors (Lipinski definition) is 7. The van der Waals surface area contributed by atoms with Crippen molar-refractivity contribution in [3.63, 3.8) is 0 Å². The zero-order valence-electron chi connectivity index (χ0n) is 26.4. The van der Waals surface area contributed by atoms with Crippen molar-refractivity contribution in [2.24, 2.45) is 5.92 Å². The second kappa shape index (κ2) is 12.7. The maximum Gasteiger partial charge on any atom is 0.410 e. The molecule has 0 radical (unpaired) electrons. The molecule has 12 nitrogen and oxygen atoms in total. The summed E-state index contributed by atoms with van der Waals surface area (Å²) in [6.45, 7) is 4.57. The molecule has 1 aromatic rings. The Hall–Kier alpha value is -4.30. The van der Waals surface area contributed by atoms with Gasteiger partial charge < -0.3 is 30.1 Å². The van der Waals surface area contributed by atoms with Crippen LogP contribution in [0.5, 0.6) is 0 Å². The molecular formula is C32H39F3N4O8. The van der Waals surface area contributed by atoms with Crippen LogP contribution in [0.25, 0.3) is 0 Å². The van der Waals surface area contributed by atoms with E-state index in [1.807, 2.05) is 0 Å². The summed E-state index contributed by atoms with van der Waals surface area (Å²) in [6.07, 6.45) is -2.17. The van der Waals surface area contributed by atoms with Crippen molar-refractivity contribution < 1.29 is 51.7 Å². The zero-order chi connectivity index (χ0) is 34.3. The van der Waals surface area contributed by atoms with Gasteiger partial charge in [-0.25, -0.2) is 27.6 Å². The van der Waals surface area contributed by atoms with Crippen LogP contribution < -0.4 is 10.6 Å². The van der Waals surface area contributed by atoms with Gasteiger partial charge in [0.05, 0.1) is 13.1 Å². The van der Waals surface area contributed by atoms with Gasteiger partial charge >= 0.3 is 18.2 Å². The van der Waals surface area contributed by atoms with Gasteiger partial charge in [0, 0.05) is 37.3 Å². The quantitative estimate of drug-likeness (QED) is 0.412. The number of amides is 4. The van der Waals surface area contributed by atoms with Crippen LogP contribution in [0.3, 0.4) is 0 Å². The molecular weight excluding hydrogens is 625 g/mol. The van der Waals surface area contributed by atoms with Gasteiger partial charge in [-0.1, -0.05) is 24.3 Å². The molecule has 1 saturated carbocycles. The fourth-order valence-corrected chi connectivity index (χ4v) is 6.35. The molecule has 0 bridgehead atoms. The number of aliphatic carboxylic acids is 1. The molecule has 1 saturated heterocycles. The van der Waals surface area contributed by atoms with Gasteiger partial charge in [-0.3, -0.25) is 14.5 Å². The summed E-state index contributed by atoms with van der Waals surface area (Å²) in [5.41, 5.74) is -1.73. The van der Waals surface area contributed by atoms with E-state index < -0.39 is 89.8 Å². The molecule has 0 unspecified atom stereocenters. The van der Waals surface area contributed by atoms with Crippen LogP contribution in [0.2, 0.25) is 0 Å². The minimum absolute atomic E-state index is 0.0376. The minimum atomic E-state index is -3.17. The lowest BCUT2D eigenvalue weighted by Crippen LogP contribution is -2.56. The van der Waals surface area contributed by atoms with Crippen molar-refractivity contribution in [2.75, 3.05) is 6.54 Å². The van der Waals surface area contributed by atoms with E-state index in [1.54, 1.807) is 26.8 Å². The van der Waals surface area contributed by atoms with Crippen molar-refractivity contribution in [1.29, 1.82) is 0 Å². The standard InChI is InChI=1S/C32H39F3N4O8/c1-30(2,3)47-28(44)36-23-10-6-12-31(34,35)11-5-8-19-14-32(19,27(42)43)37-25(40)24-13-20(16-39(24)26(23)41)46-29(45)38-15-18-7-4-9-22(33)21(18)17-38/h4-5,7-9,19-20,23-24H,6,10-17H2,1-3H3,(H,36,44)(H,37,40)(H,42,43)/b8-5-/t19-,20-,23+,24+,32-/m1/s1. The normalized spacial score (nSPS) is 29.7. The fourth-order valence-electron chi connectivity index (χ4n) is 6.35. The molecule has 3 aliphatic heterocycles. The Balaban J connectivity index is 1.40. The van der Waals surface area contributed by atoms with Gasteiger partial charge in [-0.05, 0) is 51.7 Å². The van der Waals surface area contributed by atoms with Crippen molar-refractivity contribution in [3.05, 3.63) is 47.3 Å². The molecule has 0 aromatic heterocycles. The summed E-state index contributed by atoms with van der Waals surface area (Å²) in [5, 5.41) is 14.9. The van der Waals surface area contributed by atoms with Crippen molar-refractivity contribution in [2.45, 2.75) is 108 Å². The van der Waals surface area contributed by atoms with Gasteiger partial charge in [0.1, 0.15) is 35.1 Å². The van der Waals surface area contributed by atoms with Gasteiger partial charge in [0.15, 0.2) is 0 Å². The summed E-state index contributed by atoms with van der Waals surface area (Å²) in [5.74, 6) is -7.38. The molecule has 15 heteroatoms. The largest absolute Gasteiger partial charge is 0.479 e. The molecule has 5 atom stereocenters. The number of fused-ring (bicyclic) bond motifs is 3. The summed E-state index contributed by atoms with van der Waals surface area (Å²) < 4.78 is 54.7. The topological polar surface area (TPSA) is 155 Å². The molecule has 3 N–H and O–H groups in total. The molecule has 1 aromatic carbocycles. The van der Waals surface area contributed by atoms with Crippen LogP contribution in [0.1, 0.15) is 70.4 Å². The van der Waals surface area contributed by atoms with E-state index in [2.05, 4.69) is 10.6 Å². The Kier molecular flexibility index (Phi) is 9.21. The predicted molar refractivity (Wildman–Crippen MR) is 158 cm³/mol. The lowest BCUT2D eigenvalue weighted by Gasteiger charge is -2.30. The molecule has 4 aliphatic rings. The zero-order valence-corrected chi connectivity index (χ0v) is 26.4. The number of carbonyl (C=O) groups excluding carboxylic acids is 4. The summed E-state index contributed by atoms with van der Waals surface area (Å²) in [6, 6.07) is 1.80. The number of carboxylic acid groups (broad SMARTS) is 1. The number of halogens is 3. The first-order valence-corrected chi connectivity index (χ1v) is 15.6. The SMILES string of the molecule is CC(C)(C)OC(=O)N[C@H]1CCCC(F)(F)C/C=C\[C@@H]2C[C@@]2(C(=O)O)NC(=O)[C@@H]2C[C@@H](OC(=O)N3Cc4cccc(F)c4C3)CN2C1=O. The minimum Gasteiger partial charge on any atom is -0.479 e. The Morgan fingerprint density at radius 3 is 2.57 bits per heavy atom. The number of ether oxygens (including phenoxy) is 2. The van der Waals surface area contributed by atoms with E-state index >= 15 is 0 Å². The first-order valence-electron chi connectivity index (χ1n) is 15.6. The third-order valence-corrected chi connectivity index (χ3v) is 8.85. The van der Waals surface area contributed by atoms with Crippen LogP contribution >= 0.6 is 0 Å². The Morgan fingerprint density at radius 1 is 1.15 bits per heavy atom. The number of rotatable bonds is 3. The van der Waals surface area contributed by atoms with Gasteiger partial charge in [0.2, 0.25) is 11.8 Å². The van der Waals surface area contributed by atoms with Gasteiger partial charge in [-0.15, -0.1) is 0 Å². The average Bonchev–Trinajstić information content (AvgIpc) is 3.27. The highest BCUT2D eigenvalue weighted by molar-refractivity contribution is 5.96. The van der Waals surface area contributed by atoms with Crippen LogP contribution in [-0.4, -0.2) is 86.7 Å². The third kappa shape index (κ3) is 7.65. The average molecular weight is 665 g/mol. The number of nitrogens with one attached hydrogen (secondary N) is 2. The maximum absolute atomic E-state index is 14.7. The van der Waals surface area contributed by atoms with Crippen molar-refractivity contribution in [3.8, 4) is 0 Å². The number of carboxylic acids is 1. The summed E-state index contributed by atoms with van der Waals surface area (Å²) in [7, 11) is 0. The van der Waals surface area contributed by atoms with E-state index in [0.29, 0.717) is 11.1 Å². The van der Waals surface area contributed by atoms with Crippen LogP contribution in [0.15, 0.2) is 30.4 Å². The van der Waals surface area contributed by atoms with E-state index in [9.17, 15) is 42.3 Å². The lowest BCUT2D eigenvalue weighted by atomic mass is 10.0. The Morgan fingerprint density at radius 2 is 1.89 bits per heavy atom. The summed E-state index contributed by atoms with van der Waals surface area (Å²) >= 11 is 0. The third-order valence-electron chi connectivity index (χ3n) is 8.85. The van der Waals surface area contributed by atoms with E-state index in [-0.39, 0.29) is 45.3 Å². The van der Waals surface area contributed by atoms with Crippen LogP contribution in [0, 0.1) is 11.7 Å². The molecule has 2 fully saturated rings. The number of benzene rings is 1. The second-order valence-corrected chi connectivity index (χ2v) is 13.6. The first-order chi connectivity index (χ1) is 22.0. The monoisotopic (exact) mass is 664 g/mol. The number of nitrogens with zero attached hydrogens (tertiary/aromatic N) is 2. The van der Waals surface area contributed by atoms with Crippen LogP contribution in [-0.2, 0) is 36.9 Å². The van der Waals surface area contributed by atoms with Gasteiger partial charge in [-0.2, -0.15) is 0 Å². The van der Waals surface area contributed by atoms with E-state index in [4.69, 9.17) is 9.47 Å². The number of allylic oxidation sites excluding steroid dienone is 1. The number of alkyl halides is 2. The molecule has 5 rings (SSSR count). The number of hydrogen-bond donors (Lipinski definition) is 3. The Labute approximate surface area is 269 Å². The van der Waals surface area contributed by atoms with Crippen molar-refractivity contribution in [1.82, 2.24) is 20.4 Å². The smallest absolute Gasteiger partial charge is 0.410 e. The van der Waals surface area contributed by atoms with Gasteiger partial charge in [0.25, 0.3) is 5.92 Å². The number of carbonyl (C=O) groups is 5. The van der Waals surface area contributed by atoms with Crippen molar-refractivity contribution >= 4 is 30.0 Å². The maximum atomic E-state index is 14.7. The molecule has 3 heterocycles. The predicted octanol–water partition coefficient (Wildman–Crippen LogP) is 3.87. The highest BCUT2D eigenvalue weighted by Crippen LogP contribution is 2.46. The summed E-state index contributed by atoms with van der Waals surface area (Å²) in [4.78, 5) is 68.2. The second-order valence-electron chi connectivity index (χ2n) is 13.6.